The van der Waals surface area contributed by atoms with Crippen LogP contribution in [0.3, 0.4) is 0 Å². The maximum Gasteiger partial charge on any atom is 0.176 e. The van der Waals surface area contributed by atoms with Gasteiger partial charge in [-0.25, -0.2) is 0 Å². The lowest BCUT2D eigenvalue weighted by Gasteiger charge is -2.54. The van der Waals surface area contributed by atoms with E-state index in [1.165, 1.54) is 14.2 Å². The number of aliphatic carboxylic acids is 1. The first kappa shape index (κ1) is 53.2. The first-order valence-electron chi connectivity index (χ1n) is 23.8. The largest absolute Gasteiger partial charge is 0.550 e. The van der Waals surface area contributed by atoms with Crippen molar-refractivity contribution in [3.8, 4) is 0 Å². The molecule has 18 heteroatoms. The molecule has 378 valence electrons. The summed E-state index contributed by atoms with van der Waals surface area (Å²) in [4.78, 5) is 11.8. The minimum atomic E-state index is -2.09. The molecule has 1 spiro atoms. The molecule has 7 heterocycles. The summed E-state index contributed by atoms with van der Waals surface area (Å²) in [7, 11) is 6.34. The molecule has 7 saturated heterocycles. The highest BCUT2D eigenvalue weighted by Crippen LogP contribution is 2.55. The molecule has 24 unspecified atom stereocenters. The molecule has 0 aromatic rings. The van der Waals surface area contributed by atoms with Crippen LogP contribution in [-0.4, -0.2) is 164 Å². The number of carbonyl (C=O) groups is 1. The minimum Gasteiger partial charge on any atom is -0.550 e. The second kappa shape index (κ2) is 19.9. The van der Waals surface area contributed by atoms with Gasteiger partial charge in [-0.3, -0.25) is 0 Å². The van der Waals surface area contributed by atoms with Crippen molar-refractivity contribution in [2.24, 2.45) is 29.6 Å². The van der Waals surface area contributed by atoms with Crippen LogP contribution in [0.4, 0.5) is 0 Å². The van der Waals surface area contributed by atoms with Crippen molar-refractivity contribution in [3.05, 3.63) is 0 Å². The van der Waals surface area contributed by atoms with Crippen molar-refractivity contribution in [1.82, 2.24) is 6.15 Å². The molecule has 0 amide bonds. The van der Waals surface area contributed by atoms with Crippen molar-refractivity contribution in [2.75, 3.05) is 28.4 Å². The van der Waals surface area contributed by atoms with E-state index in [0.29, 0.717) is 38.5 Å². The molecule has 7 aliphatic heterocycles. The SMILES string of the molecule is COC1CC(OC2CC(C3OC(C)(O)C(C)CC3C)OC2C2(C)CCC(C3(C)CCC4(CC(O)C(C)C(C(C)C5OC(O)(CC(=O)[O-])C(C)C(OC)C5OC)O4)O3)O2)OC(C)C1OC.[NH4+]. The third-order valence-corrected chi connectivity index (χ3v) is 16.8. The summed E-state index contributed by atoms with van der Waals surface area (Å²) in [6, 6.07) is 0. The topological polar surface area (TPSA) is 248 Å². The molecule has 65 heavy (non-hydrogen) atoms. The Hall–Kier alpha value is -1.17. The van der Waals surface area contributed by atoms with Crippen LogP contribution in [0, 0.1) is 29.6 Å². The molecule has 0 aromatic heterocycles. The standard InChI is InChI=1S/C47H80O17.H3N/c1-23-18-24(2)45(9,51)61-36(23)31-19-32(58-35-20-30(53-10)40(55-12)28(6)57-35)42(59-31)44(8)15-14-33(60-44)43(7)16-17-46(64-43)21-29(48)25(3)37(62-46)26(4)38-41(56-13)39(54-11)27(5)47(52,63-38)22-34(49)50;/h23-33,35-42,48,51-52H,14-22H2,1-13H3,(H,49,50);1H3. The lowest BCUT2D eigenvalue weighted by molar-refractivity contribution is -0.373. The Kier molecular flexibility index (Phi) is 16.3. The molecule has 18 nitrogen and oxygen atoms in total. The van der Waals surface area contributed by atoms with Crippen LogP contribution in [-0.2, 0) is 61.6 Å². The highest BCUT2D eigenvalue weighted by atomic mass is 16.7. The highest BCUT2D eigenvalue weighted by molar-refractivity contribution is 5.65. The average molecular weight is 934 g/mol. The summed E-state index contributed by atoms with van der Waals surface area (Å²) in [6.07, 6.45) is -3.46. The molecule has 0 saturated carbocycles. The Balaban J connectivity index is 0.00000700. The second-order valence-electron chi connectivity index (χ2n) is 21.3. The quantitative estimate of drug-likeness (QED) is 0.207. The molecule has 0 radical (unpaired) electrons. The van der Waals surface area contributed by atoms with Crippen LogP contribution in [0.5, 0.6) is 0 Å². The van der Waals surface area contributed by atoms with Gasteiger partial charge in [-0.05, 0) is 59.3 Å². The van der Waals surface area contributed by atoms with Gasteiger partial charge in [0, 0.05) is 90.2 Å². The summed E-state index contributed by atoms with van der Waals surface area (Å²) >= 11 is 0. The van der Waals surface area contributed by atoms with Gasteiger partial charge in [0.15, 0.2) is 23.7 Å². The van der Waals surface area contributed by atoms with E-state index in [1.54, 1.807) is 28.1 Å². The molecule has 7 aliphatic rings. The fourth-order valence-electron chi connectivity index (χ4n) is 12.7. The van der Waals surface area contributed by atoms with Crippen LogP contribution in [0.25, 0.3) is 0 Å². The van der Waals surface area contributed by atoms with E-state index in [2.05, 4.69) is 13.8 Å². The second-order valence-corrected chi connectivity index (χ2v) is 21.3. The first-order chi connectivity index (χ1) is 30.0. The fraction of sp³-hybridized carbons (Fsp3) is 0.979. The van der Waals surface area contributed by atoms with Crippen LogP contribution >= 0.6 is 0 Å². The number of methoxy groups -OCH3 is 4. The fourth-order valence-corrected chi connectivity index (χ4v) is 12.7. The predicted octanol–water partition coefficient (Wildman–Crippen LogP) is 3.36. The number of rotatable bonds is 13. The van der Waals surface area contributed by atoms with Crippen molar-refractivity contribution in [3.63, 3.8) is 0 Å². The van der Waals surface area contributed by atoms with E-state index in [1.807, 2.05) is 34.6 Å². The number of aliphatic hydroxyl groups is 3. The first-order valence-corrected chi connectivity index (χ1v) is 23.8. The van der Waals surface area contributed by atoms with Gasteiger partial charge in [-0.1, -0.05) is 34.6 Å². The third kappa shape index (κ3) is 10.1. The smallest absolute Gasteiger partial charge is 0.176 e. The lowest BCUT2D eigenvalue weighted by atomic mass is 9.75. The van der Waals surface area contributed by atoms with Crippen molar-refractivity contribution in [2.45, 2.75) is 234 Å². The van der Waals surface area contributed by atoms with Gasteiger partial charge in [0.1, 0.15) is 18.3 Å². The normalized spacial score (nSPS) is 53.2. The van der Waals surface area contributed by atoms with Gasteiger partial charge in [0.2, 0.25) is 0 Å². The summed E-state index contributed by atoms with van der Waals surface area (Å²) in [6.45, 7) is 17.4. The Labute approximate surface area is 385 Å². The molecular weight excluding hydrogens is 851 g/mol. The van der Waals surface area contributed by atoms with Gasteiger partial charge in [-0.2, -0.15) is 0 Å². The number of aliphatic hydroxyl groups excluding tert-OH is 1. The maximum absolute atomic E-state index is 11.8. The van der Waals surface area contributed by atoms with E-state index >= 15 is 0 Å². The lowest BCUT2D eigenvalue weighted by Crippen LogP contribution is -2.66. The van der Waals surface area contributed by atoms with Crippen LogP contribution in [0.1, 0.15) is 120 Å². The molecule has 0 aromatic carbocycles. The van der Waals surface area contributed by atoms with Gasteiger partial charge in [0.25, 0.3) is 0 Å². The number of quaternary nitrogens is 1. The van der Waals surface area contributed by atoms with Gasteiger partial charge >= 0.3 is 0 Å². The van der Waals surface area contributed by atoms with Crippen molar-refractivity contribution in [1.29, 1.82) is 0 Å². The number of carboxylic acids is 1. The molecule has 7 fully saturated rings. The number of hydrogen-bond acceptors (Lipinski definition) is 17. The van der Waals surface area contributed by atoms with Crippen molar-refractivity contribution < 1.29 is 82.1 Å². The van der Waals surface area contributed by atoms with Crippen LogP contribution in [0.2, 0.25) is 0 Å². The maximum atomic E-state index is 11.8. The Morgan fingerprint density at radius 1 is 0.785 bits per heavy atom. The molecule has 24 atom stereocenters. The molecule has 7 N–H and O–H groups in total. The number of carboxylic acid groups (broad SMARTS) is 1. The Morgan fingerprint density at radius 3 is 2.09 bits per heavy atom. The summed E-state index contributed by atoms with van der Waals surface area (Å²) in [5.41, 5.74) is -1.61. The number of ether oxygens (including phenoxy) is 12. The third-order valence-electron chi connectivity index (χ3n) is 16.8. The molecule has 0 aliphatic carbocycles. The zero-order valence-electron chi connectivity index (χ0n) is 41.4. The summed E-state index contributed by atoms with van der Waals surface area (Å²) < 4.78 is 77.5. The van der Waals surface area contributed by atoms with Gasteiger partial charge in [-0.15, -0.1) is 0 Å². The van der Waals surface area contributed by atoms with Gasteiger partial charge < -0.3 is 88.2 Å². The zero-order valence-corrected chi connectivity index (χ0v) is 41.4. The average Bonchev–Trinajstić information content (AvgIpc) is 3.94. The highest BCUT2D eigenvalue weighted by Gasteiger charge is 2.63. The number of hydrogen-bond donors (Lipinski definition) is 4. The monoisotopic (exact) mass is 934 g/mol. The van der Waals surface area contributed by atoms with E-state index in [0.717, 1.165) is 6.42 Å². The zero-order chi connectivity index (χ0) is 46.9. The van der Waals surface area contributed by atoms with E-state index < -0.39 is 102 Å². The molecule has 7 rings (SSSR count). The van der Waals surface area contributed by atoms with E-state index in [4.69, 9.17) is 56.8 Å². The van der Waals surface area contributed by atoms with Gasteiger partial charge in [0.05, 0.1) is 72.2 Å². The van der Waals surface area contributed by atoms with Crippen LogP contribution < -0.4 is 11.3 Å². The summed E-state index contributed by atoms with van der Waals surface area (Å²) in [5.74, 6) is -7.58. The Morgan fingerprint density at radius 2 is 1.46 bits per heavy atom. The van der Waals surface area contributed by atoms with Crippen LogP contribution in [0.15, 0.2) is 0 Å². The predicted molar refractivity (Wildman–Crippen MR) is 231 cm³/mol. The molecule has 0 bridgehead atoms. The van der Waals surface area contributed by atoms with E-state index in [-0.39, 0.29) is 66.9 Å². The van der Waals surface area contributed by atoms with E-state index in [9.17, 15) is 25.2 Å². The molecular formula is C47H83NO17. The minimum absolute atomic E-state index is 0. The summed E-state index contributed by atoms with van der Waals surface area (Å²) in [5, 5.41) is 46.4. The van der Waals surface area contributed by atoms with Crippen molar-refractivity contribution >= 4 is 5.97 Å². The number of carbonyl (C=O) groups excluding carboxylic acids is 1. The Bertz CT molecular complexity index is 1610.